The van der Waals surface area contributed by atoms with Crippen LogP contribution in [0.15, 0.2) is 0 Å². The lowest BCUT2D eigenvalue weighted by molar-refractivity contribution is 0.260. The third-order valence-electron chi connectivity index (χ3n) is 2.68. The molecule has 0 aromatic heterocycles. The zero-order valence-electron chi connectivity index (χ0n) is 8.84. The Morgan fingerprint density at radius 2 is 2.00 bits per heavy atom. The Hall–Kier alpha value is -0.0400. The first-order valence-corrected chi connectivity index (χ1v) is 5.44. The first-order chi connectivity index (χ1) is 5.72. The average Bonchev–Trinajstić information content (AvgIpc) is 2.81. The van der Waals surface area contributed by atoms with Gasteiger partial charge in [-0.15, -0.1) is 0 Å². The van der Waals surface area contributed by atoms with Crippen LogP contribution in [0.4, 0.5) is 0 Å². The van der Waals surface area contributed by atoms with E-state index in [9.17, 15) is 0 Å². The Bertz CT molecular complexity index is 116. The van der Waals surface area contributed by atoms with Crippen molar-refractivity contribution >= 4 is 0 Å². The molecule has 0 aromatic rings. The number of hydrogen-bond donors (Lipinski definition) is 0. The Morgan fingerprint density at radius 1 is 1.33 bits per heavy atom. The Labute approximate surface area is 77.1 Å². The van der Waals surface area contributed by atoms with Gasteiger partial charge in [-0.05, 0) is 44.2 Å². The first-order valence-electron chi connectivity index (χ1n) is 5.44. The molecule has 0 amide bonds. The summed E-state index contributed by atoms with van der Waals surface area (Å²) in [5, 5.41) is 0. The van der Waals surface area contributed by atoms with Crippen molar-refractivity contribution in [3.8, 4) is 0 Å². The summed E-state index contributed by atoms with van der Waals surface area (Å²) in [6.45, 7) is 10.8. The first kappa shape index (κ1) is 10.0. The molecular formula is C11H23N. The molecule has 0 heterocycles. The molecule has 1 rings (SSSR count). The number of rotatable bonds is 6. The minimum absolute atomic E-state index is 0.859. The number of hydrogen-bond acceptors (Lipinski definition) is 1. The van der Waals surface area contributed by atoms with Crippen LogP contribution in [0.5, 0.6) is 0 Å². The summed E-state index contributed by atoms with van der Waals surface area (Å²) >= 11 is 0. The molecule has 0 aromatic carbocycles. The molecule has 0 aliphatic heterocycles. The zero-order valence-corrected chi connectivity index (χ0v) is 8.84. The van der Waals surface area contributed by atoms with Crippen LogP contribution in [-0.4, -0.2) is 24.5 Å². The largest absolute Gasteiger partial charge is 0.303 e. The summed E-state index contributed by atoms with van der Waals surface area (Å²) in [5.74, 6) is 1.91. The van der Waals surface area contributed by atoms with Crippen LogP contribution in [-0.2, 0) is 0 Å². The van der Waals surface area contributed by atoms with Crippen LogP contribution in [0, 0.1) is 11.8 Å². The van der Waals surface area contributed by atoms with Crippen molar-refractivity contribution < 1.29 is 0 Å². The van der Waals surface area contributed by atoms with Crippen molar-refractivity contribution in [3.05, 3.63) is 0 Å². The van der Waals surface area contributed by atoms with Crippen molar-refractivity contribution in [2.24, 2.45) is 11.8 Å². The standard InChI is InChI=1S/C11H23N/c1-4-12(8-7-10(2)3)9-11-5-6-11/h10-11H,4-9H2,1-3H3. The molecule has 0 bridgehead atoms. The normalized spacial score (nSPS) is 17.8. The van der Waals surface area contributed by atoms with E-state index in [4.69, 9.17) is 0 Å². The molecule has 1 nitrogen and oxygen atoms in total. The molecule has 0 N–H and O–H groups in total. The molecule has 12 heavy (non-hydrogen) atoms. The van der Waals surface area contributed by atoms with E-state index >= 15 is 0 Å². The minimum atomic E-state index is 0.859. The minimum Gasteiger partial charge on any atom is -0.303 e. The van der Waals surface area contributed by atoms with Gasteiger partial charge < -0.3 is 4.90 Å². The van der Waals surface area contributed by atoms with E-state index in [1.807, 2.05) is 0 Å². The fourth-order valence-electron chi connectivity index (χ4n) is 1.48. The molecular weight excluding hydrogens is 146 g/mol. The van der Waals surface area contributed by atoms with Gasteiger partial charge in [-0.25, -0.2) is 0 Å². The van der Waals surface area contributed by atoms with Crippen molar-refractivity contribution in [1.29, 1.82) is 0 Å². The summed E-state index contributed by atoms with van der Waals surface area (Å²) in [6.07, 6.45) is 4.33. The van der Waals surface area contributed by atoms with Crippen LogP contribution in [0.2, 0.25) is 0 Å². The van der Waals surface area contributed by atoms with E-state index in [2.05, 4.69) is 25.7 Å². The highest BCUT2D eigenvalue weighted by atomic mass is 15.1. The second-order valence-corrected chi connectivity index (χ2v) is 4.52. The smallest absolute Gasteiger partial charge is 0.000954 e. The molecule has 0 saturated heterocycles. The van der Waals surface area contributed by atoms with E-state index in [-0.39, 0.29) is 0 Å². The zero-order chi connectivity index (χ0) is 8.97. The topological polar surface area (TPSA) is 3.24 Å². The van der Waals surface area contributed by atoms with Crippen molar-refractivity contribution in [3.63, 3.8) is 0 Å². The van der Waals surface area contributed by atoms with E-state index in [1.165, 1.54) is 38.9 Å². The van der Waals surface area contributed by atoms with Gasteiger partial charge >= 0.3 is 0 Å². The van der Waals surface area contributed by atoms with Gasteiger partial charge in [0.1, 0.15) is 0 Å². The van der Waals surface area contributed by atoms with Gasteiger partial charge in [0.2, 0.25) is 0 Å². The van der Waals surface area contributed by atoms with Gasteiger partial charge in [-0.1, -0.05) is 20.8 Å². The van der Waals surface area contributed by atoms with E-state index < -0.39 is 0 Å². The molecule has 1 aliphatic rings. The number of nitrogens with zero attached hydrogens (tertiary/aromatic N) is 1. The van der Waals surface area contributed by atoms with Gasteiger partial charge in [0.25, 0.3) is 0 Å². The molecule has 1 aliphatic carbocycles. The van der Waals surface area contributed by atoms with E-state index in [0.29, 0.717) is 0 Å². The summed E-state index contributed by atoms with van der Waals surface area (Å²) in [4.78, 5) is 2.61. The van der Waals surface area contributed by atoms with Crippen LogP contribution in [0.1, 0.15) is 40.0 Å². The van der Waals surface area contributed by atoms with Gasteiger partial charge in [0, 0.05) is 6.54 Å². The van der Waals surface area contributed by atoms with Crippen LogP contribution < -0.4 is 0 Å². The molecule has 0 unspecified atom stereocenters. The third-order valence-corrected chi connectivity index (χ3v) is 2.68. The van der Waals surface area contributed by atoms with Crippen LogP contribution in [0.3, 0.4) is 0 Å². The Kier molecular flexibility index (Phi) is 4.07. The lowest BCUT2D eigenvalue weighted by atomic mass is 10.1. The lowest BCUT2D eigenvalue weighted by Gasteiger charge is -2.20. The molecule has 0 atom stereocenters. The second kappa shape index (κ2) is 4.86. The average molecular weight is 169 g/mol. The van der Waals surface area contributed by atoms with Crippen molar-refractivity contribution in [1.82, 2.24) is 4.90 Å². The highest BCUT2D eigenvalue weighted by molar-refractivity contribution is 4.76. The van der Waals surface area contributed by atoms with Gasteiger partial charge in [0.15, 0.2) is 0 Å². The maximum absolute atomic E-state index is 2.61. The quantitative estimate of drug-likeness (QED) is 0.591. The Balaban J connectivity index is 2.06. The predicted octanol–water partition coefficient (Wildman–Crippen LogP) is 2.76. The van der Waals surface area contributed by atoms with Crippen molar-refractivity contribution in [2.75, 3.05) is 19.6 Å². The highest BCUT2D eigenvalue weighted by Crippen LogP contribution is 2.29. The lowest BCUT2D eigenvalue weighted by Crippen LogP contribution is -2.27. The van der Waals surface area contributed by atoms with Crippen LogP contribution in [0.25, 0.3) is 0 Å². The fraction of sp³-hybridized carbons (Fsp3) is 1.00. The van der Waals surface area contributed by atoms with Crippen molar-refractivity contribution in [2.45, 2.75) is 40.0 Å². The maximum atomic E-state index is 2.61. The molecule has 1 saturated carbocycles. The fourth-order valence-corrected chi connectivity index (χ4v) is 1.48. The predicted molar refractivity (Wildman–Crippen MR) is 54.3 cm³/mol. The summed E-state index contributed by atoms with van der Waals surface area (Å²) in [7, 11) is 0. The summed E-state index contributed by atoms with van der Waals surface area (Å²) < 4.78 is 0. The van der Waals surface area contributed by atoms with Gasteiger partial charge in [-0.3, -0.25) is 0 Å². The molecule has 1 heteroatoms. The molecule has 0 spiro atoms. The molecule has 1 fully saturated rings. The molecule has 72 valence electrons. The monoisotopic (exact) mass is 169 g/mol. The SMILES string of the molecule is CCN(CCC(C)C)CC1CC1. The molecule has 0 radical (unpaired) electrons. The van der Waals surface area contributed by atoms with E-state index in [0.717, 1.165) is 11.8 Å². The second-order valence-electron chi connectivity index (χ2n) is 4.52. The highest BCUT2D eigenvalue weighted by Gasteiger charge is 2.23. The summed E-state index contributed by atoms with van der Waals surface area (Å²) in [5.41, 5.74) is 0. The Morgan fingerprint density at radius 3 is 2.42 bits per heavy atom. The van der Waals surface area contributed by atoms with Gasteiger partial charge in [0.05, 0.1) is 0 Å². The van der Waals surface area contributed by atoms with Gasteiger partial charge in [-0.2, -0.15) is 0 Å². The maximum Gasteiger partial charge on any atom is 0.000954 e. The summed E-state index contributed by atoms with van der Waals surface area (Å²) in [6, 6.07) is 0. The van der Waals surface area contributed by atoms with E-state index in [1.54, 1.807) is 0 Å². The van der Waals surface area contributed by atoms with Crippen LogP contribution >= 0.6 is 0 Å². The third kappa shape index (κ3) is 4.10.